The van der Waals surface area contributed by atoms with E-state index >= 15 is 0 Å². The van der Waals surface area contributed by atoms with Crippen molar-refractivity contribution in [3.63, 3.8) is 0 Å². The van der Waals surface area contributed by atoms with Crippen LogP contribution in [-0.4, -0.2) is 91.3 Å². The SMILES string of the molecule is COc1cc2c(cc1OC(C)C)C(c1ccc(Cl)cc1)N(c1ccc(N(C)CC3CCC(N4CCN(C)C(=O)C4)CC3)nn1)C(=O)C2. The Morgan fingerprint density at radius 3 is 2.34 bits per heavy atom. The fourth-order valence-electron chi connectivity index (χ4n) is 7.21. The van der Waals surface area contributed by atoms with Crippen molar-refractivity contribution in [2.24, 2.45) is 5.92 Å². The van der Waals surface area contributed by atoms with Gasteiger partial charge in [0.1, 0.15) is 0 Å². The molecule has 10 nitrogen and oxygen atoms in total. The molecule has 1 atom stereocenters. The first kappa shape index (κ1) is 33.0. The van der Waals surface area contributed by atoms with Crippen LogP contribution in [0, 0.1) is 5.92 Å². The van der Waals surface area contributed by atoms with E-state index in [1.165, 1.54) is 0 Å². The van der Waals surface area contributed by atoms with Gasteiger partial charge in [0.15, 0.2) is 23.1 Å². The van der Waals surface area contributed by atoms with E-state index in [4.69, 9.17) is 21.1 Å². The summed E-state index contributed by atoms with van der Waals surface area (Å²) in [4.78, 5) is 34.2. The topological polar surface area (TPSA) is 91.3 Å². The van der Waals surface area contributed by atoms with E-state index in [0.29, 0.717) is 40.8 Å². The molecule has 0 N–H and O–H groups in total. The van der Waals surface area contributed by atoms with Gasteiger partial charge in [-0.2, -0.15) is 0 Å². The van der Waals surface area contributed by atoms with Gasteiger partial charge in [0.05, 0.1) is 32.2 Å². The van der Waals surface area contributed by atoms with Gasteiger partial charge in [-0.25, -0.2) is 0 Å². The number of nitrogens with zero attached hydrogens (tertiary/aromatic N) is 6. The Morgan fingerprint density at radius 2 is 1.70 bits per heavy atom. The maximum Gasteiger partial charge on any atom is 0.236 e. The standard InChI is InChI=1S/C36H45ClN6O4/c1-23(2)47-31-20-29-26(18-30(31)46-5)19-34(44)43(36(29)25-8-10-27(37)11-9-25)33-15-14-32(38-39-33)41(4)21-24-6-12-28(13-7-24)42-17-16-40(3)35(45)22-42/h8-11,14-15,18,20,23-24,28,36H,6-7,12-13,16-17,19,21-22H2,1-5H3. The molecule has 0 bridgehead atoms. The van der Waals surface area contributed by atoms with Crippen molar-refractivity contribution in [2.75, 3.05) is 57.2 Å². The third kappa shape index (κ3) is 7.18. The molecule has 2 aliphatic heterocycles. The molecule has 11 heteroatoms. The Morgan fingerprint density at radius 1 is 0.957 bits per heavy atom. The first-order valence-corrected chi connectivity index (χ1v) is 17.0. The average Bonchev–Trinajstić information content (AvgIpc) is 3.06. The van der Waals surface area contributed by atoms with Gasteiger partial charge < -0.3 is 19.3 Å². The van der Waals surface area contributed by atoms with E-state index in [1.54, 1.807) is 12.0 Å². The van der Waals surface area contributed by atoms with Crippen LogP contribution in [0.3, 0.4) is 0 Å². The zero-order chi connectivity index (χ0) is 33.2. The summed E-state index contributed by atoms with van der Waals surface area (Å²) in [7, 11) is 5.55. The summed E-state index contributed by atoms with van der Waals surface area (Å²) in [6, 6.07) is 15.3. The lowest BCUT2D eigenvalue weighted by molar-refractivity contribution is -0.135. The molecule has 250 valence electrons. The first-order chi connectivity index (χ1) is 22.6. The summed E-state index contributed by atoms with van der Waals surface area (Å²) in [5.74, 6) is 3.18. The fourth-order valence-corrected chi connectivity index (χ4v) is 7.33. The monoisotopic (exact) mass is 660 g/mol. The molecule has 1 saturated carbocycles. The lowest BCUT2D eigenvalue weighted by atomic mass is 9.84. The zero-order valence-corrected chi connectivity index (χ0v) is 28.7. The number of rotatable bonds is 9. The third-order valence-corrected chi connectivity index (χ3v) is 10.0. The molecule has 2 fully saturated rings. The second-order valence-electron chi connectivity index (χ2n) is 13.4. The zero-order valence-electron chi connectivity index (χ0n) is 28.0. The molecular weight excluding hydrogens is 616 g/mol. The molecule has 3 aliphatic rings. The molecule has 3 aromatic rings. The summed E-state index contributed by atoms with van der Waals surface area (Å²) in [5, 5.41) is 9.84. The normalized spacial score (nSPS) is 22.0. The molecule has 1 aromatic heterocycles. The quantitative estimate of drug-likeness (QED) is 0.303. The van der Waals surface area contributed by atoms with Crippen LogP contribution >= 0.6 is 11.6 Å². The van der Waals surface area contributed by atoms with Gasteiger partial charge >= 0.3 is 0 Å². The van der Waals surface area contributed by atoms with Gasteiger partial charge in [0.2, 0.25) is 11.8 Å². The fraction of sp³-hybridized carbons (Fsp3) is 0.500. The largest absolute Gasteiger partial charge is 0.493 e. The highest BCUT2D eigenvalue weighted by Crippen LogP contribution is 2.43. The molecule has 0 spiro atoms. The van der Waals surface area contributed by atoms with Gasteiger partial charge in [0.25, 0.3) is 0 Å². The number of methoxy groups -OCH3 is 1. The van der Waals surface area contributed by atoms with Crippen LogP contribution in [0.5, 0.6) is 11.5 Å². The molecule has 1 saturated heterocycles. The second-order valence-corrected chi connectivity index (χ2v) is 13.8. The number of ether oxygens (including phenoxy) is 2. The number of hydrogen-bond donors (Lipinski definition) is 0. The number of piperazine rings is 1. The molecule has 3 heterocycles. The lowest BCUT2D eigenvalue weighted by Crippen LogP contribution is -2.53. The molecule has 2 aromatic carbocycles. The van der Waals surface area contributed by atoms with E-state index in [9.17, 15) is 9.59 Å². The van der Waals surface area contributed by atoms with Crippen molar-refractivity contribution in [3.8, 4) is 11.5 Å². The van der Waals surface area contributed by atoms with Crippen molar-refractivity contribution < 1.29 is 19.1 Å². The van der Waals surface area contributed by atoms with Crippen molar-refractivity contribution in [2.45, 2.75) is 64.1 Å². The van der Waals surface area contributed by atoms with E-state index < -0.39 is 6.04 Å². The first-order valence-electron chi connectivity index (χ1n) is 16.6. The Labute approximate surface area is 282 Å². The van der Waals surface area contributed by atoms with Crippen molar-refractivity contribution in [1.29, 1.82) is 0 Å². The van der Waals surface area contributed by atoms with Crippen molar-refractivity contribution >= 4 is 35.1 Å². The summed E-state index contributed by atoms with van der Waals surface area (Å²) in [6.45, 7) is 7.15. The second kappa shape index (κ2) is 14.1. The highest BCUT2D eigenvalue weighted by molar-refractivity contribution is 6.30. The smallest absolute Gasteiger partial charge is 0.236 e. The Hall–Kier alpha value is -3.89. The summed E-state index contributed by atoms with van der Waals surface area (Å²) < 4.78 is 11.8. The molecule has 6 rings (SSSR count). The van der Waals surface area contributed by atoms with Crippen LogP contribution in [0.4, 0.5) is 11.6 Å². The number of carbonyl (C=O) groups excluding carboxylic acids is 2. The number of aromatic nitrogens is 2. The Balaban J connectivity index is 1.19. The van der Waals surface area contributed by atoms with E-state index in [2.05, 4.69) is 27.0 Å². The molecular formula is C36H45ClN6O4. The molecule has 1 aliphatic carbocycles. The van der Waals surface area contributed by atoms with Crippen molar-refractivity contribution in [1.82, 2.24) is 20.0 Å². The van der Waals surface area contributed by atoms with Crippen LogP contribution < -0.4 is 19.3 Å². The number of fused-ring (bicyclic) bond motifs is 1. The van der Waals surface area contributed by atoms with Gasteiger partial charge in [0, 0.05) is 44.8 Å². The number of carbonyl (C=O) groups is 2. The van der Waals surface area contributed by atoms with Crippen molar-refractivity contribution in [3.05, 3.63) is 70.2 Å². The number of hydrogen-bond acceptors (Lipinski definition) is 8. The Bertz CT molecular complexity index is 1580. The van der Waals surface area contributed by atoms with Crippen LogP contribution in [-0.2, 0) is 16.0 Å². The number of amides is 2. The minimum atomic E-state index is -0.451. The van der Waals surface area contributed by atoms with Crippen LogP contribution in [0.25, 0.3) is 0 Å². The molecule has 1 unspecified atom stereocenters. The molecule has 2 amide bonds. The summed E-state index contributed by atoms with van der Waals surface area (Å²) >= 11 is 6.26. The van der Waals surface area contributed by atoms with Gasteiger partial charge in [-0.15, -0.1) is 10.2 Å². The van der Waals surface area contributed by atoms with Gasteiger partial charge in [-0.1, -0.05) is 23.7 Å². The predicted molar refractivity (Wildman–Crippen MR) is 184 cm³/mol. The van der Waals surface area contributed by atoms with Gasteiger partial charge in [-0.05, 0) is 98.5 Å². The highest BCUT2D eigenvalue weighted by atomic mass is 35.5. The maximum absolute atomic E-state index is 13.9. The van der Waals surface area contributed by atoms with Crippen LogP contribution in [0.1, 0.15) is 62.3 Å². The summed E-state index contributed by atoms with van der Waals surface area (Å²) in [6.07, 6.45) is 4.62. The van der Waals surface area contributed by atoms with Crippen LogP contribution in [0.2, 0.25) is 5.02 Å². The maximum atomic E-state index is 13.9. The lowest BCUT2D eigenvalue weighted by Gasteiger charge is -2.41. The molecule has 0 radical (unpaired) electrons. The van der Waals surface area contributed by atoms with Gasteiger partial charge in [-0.3, -0.25) is 19.4 Å². The van der Waals surface area contributed by atoms with Crippen LogP contribution in [0.15, 0.2) is 48.5 Å². The third-order valence-electron chi connectivity index (χ3n) is 9.76. The average molecular weight is 661 g/mol. The molecule has 47 heavy (non-hydrogen) atoms. The van der Waals surface area contributed by atoms with E-state index in [1.807, 2.05) is 74.3 Å². The van der Waals surface area contributed by atoms with E-state index in [0.717, 1.165) is 67.8 Å². The minimum Gasteiger partial charge on any atom is -0.493 e. The number of benzene rings is 2. The highest BCUT2D eigenvalue weighted by Gasteiger charge is 2.37. The number of likely N-dealkylation sites (N-methyl/N-ethyl adjacent to an activating group) is 1. The minimum absolute atomic E-state index is 0.0506. The predicted octanol–water partition coefficient (Wildman–Crippen LogP) is 5.37. The van der Waals surface area contributed by atoms with E-state index in [-0.39, 0.29) is 24.3 Å². The number of halogens is 1. The summed E-state index contributed by atoms with van der Waals surface area (Å²) in [5.41, 5.74) is 2.74. The number of anilines is 2. The Kier molecular flexibility index (Phi) is 9.89.